The van der Waals surface area contributed by atoms with Gasteiger partial charge in [-0.25, -0.2) is 0 Å². The third kappa shape index (κ3) is 3.97. The standard InChI is InChI=1S/C18H25N3O/c1-13(2)10-19-18(22)16-11-20-21(17(16)14(3)4)12-15-8-6-5-7-9-15/h5-9,11,13-14H,10,12H2,1-4H3,(H,19,22). The van der Waals surface area contributed by atoms with Gasteiger partial charge in [0.2, 0.25) is 0 Å². The first kappa shape index (κ1) is 16.3. The lowest BCUT2D eigenvalue weighted by molar-refractivity contribution is 0.0947. The second-order valence-electron chi connectivity index (χ2n) is 6.35. The van der Waals surface area contributed by atoms with Crippen LogP contribution in [0.5, 0.6) is 0 Å². The van der Waals surface area contributed by atoms with Crippen LogP contribution in [-0.2, 0) is 6.54 Å². The van der Waals surface area contributed by atoms with Gasteiger partial charge in [-0.2, -0.15) is 5.10 Å². The molecule has 0 unspecified atom stereocenters. The Kier molecular flexibility index (Phi) is 5.36. The first-order chi connectivity index (χ1) is 10.5. The van der Waals surface area contributed by atoms with Gasteiger partial charge in [0.25, 0.3) is 5.91 Å². The van der Waals surface area contributed by atoms with E-state index < -0.39 is 0 Å². The van der Waals surface area contributed by atoms with E-state index in [1.807, 2.05) is 22.9 Å². The van der Waals surface area contributed by atoms with E-state index in [0.717, 1.165) is 5.69 Å². The fourth-order valence-electron chi connectivity index (χ4n) is 2.45. The Morgan fingerprint density at radius 2 is 1.86 bits per heavy atom. The Hall–Kier alpha value is -2.10. The summed E-state index contributed by atoms with van der Waals surface area (Å²) >= 11 is 0. The molecule has 0 fully saturated rings. The summed E-state index contributed by atoms with van der Waals surface area (Å²) in [7, 11) is 0. The molecule has 0 saturated carbocycles. The summed E-state index contributed by atoms with van der Waals surface area (Å²) in [6.07, 6.45) is 1.69. The van der Waals surface area contributed by atoms with Crippen molar-refractivity contribution < 1.29 is 4.79 Å². The van der Waals surface area contributed by atoms with E-state index >= 15 is 0 Å². The second kappa shape index (κ2) is 7.25. The van der Waals surface area contributed by atoms with Crippen LogP contribution in [0.4, 0.5) is 0 Å². The van der Waals surface area contributed by atoms with Crippen LogP contribution in [0.2, 0.25) is 0 Å². The summed E-state index contributed by atoms with van der Waals surface area (Å²) in [6, 6.07) is 10.2. The highest BCUT2D eigenvalue weighted by molar-refractivity contribution is 5.95. The zero-order chi connectivity index (χ0) is 16.1. The van der Waals surface area contributed by atoms with Crippen molar-refractivity contribution in [3.8, 4) is 0 Å². The lowest BCUT2D eigenvalue weighted by Gasteiger charge is -2.13. The molecule has 0 bridgehead atoms. The number of rotatable bonds is 6. The quantitative estimate of drug-likeness (QED) is 0.888. The highest BCUT2D eigenvalue weighted by atomic mass is 16.1. The number of hydrogen-bond donors (Lipinski definition) is 1. The van der Waals surface area contributed by atoms with E-state index in [1.54, 1.807) is 6.20 Å². The van der Waals surface area contributed by atoms with Crippen LogP contribution in [-0.4, -0.2) is 22.2 Å². The summed E-state index contributed by atoms with van der Waals surface area (Å²) < 4.78 is 1.93. The minimum atomic E-state index is -0.0308. The Bertz CT molecular complexity index is 615. The maximum atomic E-state index is 12.4. The zero-order valence-electron chi connectivity index (χ0n) is 13.8. The van der Waals surface area contributed by atoms with Crippen LogP contribution in [0, 0.1) is 5.92 Å². The molecule has 0 atom stereocenters. The van der Waals surface area contributed by atoms with Crippen molar-refractivity contribution in [3.63, 3.8) is 0 Å². The van der Waals surface area contributed by atoms with Crippen LogP contribution in [0.25, 0.3) is 0 Å². The normalized spacial score (nSPS) is 11.2. The highest BCUT2D eigenvalue weighted by Crippen LogP contribution is 2.20. The van der Waals surface area contributed by atoms with Gasteiger partial charge in [-0.1, -0.05) is 58.0 Å². The third-order valence-corrected chi connectivity index (χ3v) is 3.52. The largest absolute Gasteiger partial charge is 0.352 e. The maximum absolute atomic E-state index is 12.4. The zero-order valence-corrected chi connectivity index (χ0v) is 13.8. The third-order valence-electron chi connectivity index (χ3n) is 3.52. The first-order valence-corrected chi connectivity index (χ1v) is 7.86. The Morgan fingerprint density at radius 3 is 2.45 bits per heavy atom. The number of nitrogens with zero attached hydrogens (tertiary/aromatic N) is 2. The van der Waals surface area contributed by atoms with E-state index in [0.29, 0.717) is 24.6 Å². The molecule has 2 rings (SSSR count). The fourth-order valence-corrected chi connectivity index (χ4v) is 2.45. The fraction of sp³-hybridized carbons (Fsp3) is 0.444. The molecular weight excluding hydrogens is 274 g/mol. The van der Waals surface area contributed by atoms with Gasteiger partial charge in [-0.05, 0) is 17.4 Å². The molecule has 22 heavy (non-hydrogen) atoms. The minimum absolute atomic E-state index is 0.0308. The van der Waals surface area contributed by atoms with Crippen molar-refractivity contribution in [2.75, 3.05) is 6.54 Å². The first-order valence-electron chi connectivity index (χ1n) is 7.86. The average Bonchev–Trinajstić information content (AvgIpc) is 2.89. The van der Waals surface area contributed by atoms with Gasteiger partial charge in [0.1, 0.15) is 0 Å². The molecule has 0 aliphatic rings. The van der Waals surface area contributed by atoms with E-state index in [2.05, 4.69) is 50.2 Å². The van der Waals surface area contributed by atoms with Crippen molar-refractivity contribution in [2.45, 2.75) is 40.2 Å². The van der Waals surface area contributed by atoms with Crippen molar-refractivity contribution in [2.24, 2.45) is 5.92 Å². The van der Waals surface area contributed by atoms with Crippen LogP contribution < -0.4 is 5.32 Å². The molecule has 1 heterocycles. The SMILES string of the molecule is CC(C)CNC(=O)c1cnn(Cc2ccccc2)c1C(C)C. The summed E-state index contributed by atoms with van der Waals surface area (Å²) in [5, 5.41) is 7.42. The molecule has 118 valence electrons. The number of hydrogen-bond acceptors (Lipinski definition) is 2. The summed E-state index contributed by atoms with van der Waals surface area (Å²) in [4.78, 5) is 12.4. The summed E-state index contributed by atoms with van der Waals surface area (Å²) in [5.41, 5.74) is 2.86. The van der Waals surface area contributed by atoms with E-state index in [4.69, 9.17) is 0 Å². The summed E-state index contributed by atoms with van der Waals surface area (Å²) in [5.74, 6) is 0.647. The van der Waals surface area contributed by atoms with Crippen LogP contribution >= 0.6 is 0 Å². The number of aromatic nitrogens is 2. The van der Waals surface area contributed by atoms with Gasteiger partial charge < -0.3 is 5.32 Å². The number of benzene rings is 1. The molecule has 4 nitrogen and oxygen atoms in total. The molecule has 1 amide bonds. The molecule has 0 saturated heterocycles. The average molecular weight is 299 g/mol. The molecule has 0 aliphatic carbocycles. The molecular formula is C18H25N3O. The van der Waals surface area contributed by atoms with Gasteiger partial charge in [-0.3, -0.25) is 9.48 Å². The number of carbonyl (C=O) groups excluding carboxylic acids is 1. The topological polar surface area (TPSA) is 46.9 Å². The maximum Gasteiger partial charge on any atom is 0.254 e. The molecule has 1 aromatic carbocycles. The van der Waals surface area contributed by atoms with Crippen molar-refractivity contribution in [1.82, 2.24) is 15.1 Å². The molecule has 4 heteroatoms. The molecule has 2 aromatic rings. The van der Waals surface area contributed by atoms with Gasteiger partial charge in [-0.15, -0.1) is 0 Å². The Labute approximate surface area is 132 Å². The lowest BCUT2D eigenvalue weighted by Crippen LogP contribution is -2.28. The predicted molar refractivity (Wildman–Crippen MR) is 89.0 cm³/mol. The predicted octanol–water partition coefficient (Wildman–Crippen LogP) is 3.44. The van der Waals surface area contributed by atoms with Crippen LogP contribution in [0.3, 0.4) is 0 Å². The number of carbonyl (C=O) groups is 1. The molecule has 1 aromatic heterocycles. The molecule has 1 N–H and O–H groups in total. The minimum Gasteiger partial charge on any atom is -0.352 e. The smallest absolute Gasteiger partial charge is 0.254 e. The Balaban J connectivity index is 2.23. The summed E-state index contributed by atoms with van der Waals surface area (Å²) in [6.45, 7) is 9.73. The molecule has 0 spiro atoms. The number of amides is 1. The van der Waals surface area contributed by atoms with E-state index in [9.17, 15) is 4.79 Å². The van der Waals surface area contributed by atoms with E-state index in [-0.39, 0.29) is 11.8 Å². The monoisotopic (exact) mass is 299 g/mol. The molecule has 0 radical (unpaired) electrons. The van der Waals surface area contributed by atoms with E-state index in [1.165, 1.54) is 5.56 Å². The highest BCUT2D eigenvalue weighted by Gasteiger charge is 2.20. The number of nitrogens with one attached hydrogen (secondary N) is 1. The molecule has 0 aliphatic heterocycles. The van der Waals surface area contributed by atoms with Gasteiger partial charge in [0.05, 0.1) is 24.0 Å². The van der Waals surface area contributed by atoms with Crippen molar-refractivity contribution in [1.29, 1.82) is 0 Å². The van der Waals surface area contributed by atoms with Crippen LogP contribution in [0.1, 0.15) is 55.2 Å². The van der Waals surface area contributed by atoms with Gasteiger partial charge >= 0.3 is 0 Å². The van der Waals surface area contributed by atoms with Gasteiger partial charge in [0, 0.05) is 6.54 Å². The van der Waals surface area contributed by atoms with Crippen LogP contribution in [0.15, 0.2) is 36.5 Å². The van der Waals surface area contributed by atoms with Gasteiger partial charge in [0.15, 0.2) is 0 Å². The van der Waals surface area contributed by atoms with Crippen molar-refractivity contribution >= 4 is 5.91 Å². The second-order valence-corrected chi connectivity index (χ2v) is 6.35. The van der Waals surface area contributed by atoms with Crippen molar-refractivity contribution in [3.05, 3.63) is 53.3 Å². The lowest BCUT2D eigenvalue weighted by atomic mass is 10.0. The Morgan fingerprint density at radius 1 is 1.18 bits per heavy atom.